The topological polar surface area (TPSA) is 41.1 Å². The summed E-state index contributed by atoms with van der Waals surface area (Å²) in [5.41, 5.74) is 0.697. The van der Waals surface area contributed by atoms with E-state index in [0.29, 0.717) is 17.1 Å². The average molecular weight is 251 g/mol. The third-order valence-electron chi connectivity index (χ3n) is 2.29. The molecule has 2 N–H and O–H groups in total. The van der Waals surface area contributed by atoms with E-state index in [9.17, 15) is 4.79 Å². The number of hydrogen-bond acceptors (Lipinski definition) is 1. The number of carbonyl (C=O) groups is 1. The number of hydrogen-bond donors (Lipinski definition) is 2. The highest BCUT2D eigenvalue weighted by Gasteiger charge is 2.08. The van der Waals surface area contributed by atoms with E-state index < -0.39 is 0 Å². The number of rotatable bonds is 4. The van der Waals surface area contributed by atoms with Crippen molar-refractivity contribution >= 4 is 23.3 Å². The van der Waals surface area contributed by atoms with Gasteiger partial charge >= 0.3 is 6.03 Å². The lowest BCUT2D eigenvalue weighted by Crippen LogP contribution is -2.37. The summed E-state index contributed by atoms with van der Waals surface area (Å²) < 4.78 is 0. The van der Waals surface area contributed by atoms with Crippen LogP contribution in [0.5, 0.6) is 0 Å². The van der Waals surface area contributed by atoms with Crippen molar-refractivity contribution in [2.75, 3.05) is 5.32 Å². The van der Waals surface area contributed by atoms with Crippen molar-refractivity contribution in [1.82, 2.24) is 5.32 Å². The predicted molar refractivity (Wildman–Crippen MR) is 71.1 cm³/mol. The number of anilines is 1. The number of halogens is 1. The molecule has 0 aliphatic rings. The first-order valence-corrected chi connectivity index (χ1v) is 5.80. The van der Waals surface area contributed by atoms with Gasteiger partial charge in [-0.15, -0.1) is 12.3 Å². The second kappa shape index (κ2) is 6.82. The summed E-state index contributed by atoms with van der Waals surface area (Å²) in [5.74, 6) is 2.54. The predicted octanol–water partition coefficient (Wildman–Crippen LogP) is 3.26. The van der Waals surface area contributed by atoms with Crippen LogP contribution >= 0.6 is 11.6 Å². The molecule has 2 amide bonds. The minimum Gasteiger partial charge on any atom is -0.334 e. The van der Waals surface area contributed by atoms with Gasteiger partial charge in [-0.2, -0.15) is 0 Å². The molecule has 1 atom stereocenters. The molecule has 0 spiro atoms. The van der Waals surface area contributed by atoms with Gasteiger partial charge in [-0.1, -0.05) is 18.5 Å². The van der Waals surface area contributed by atoms with Crippen LogP contribution in [-0.2, 0) is 0 Å². The van der Waals surface area contributed by atoms with E-state index >= 15 is 0 Å². The fourth-order valence-electron chi connectivity index (χ4n) is 1.33. The monoisotopic (exact) mass is 250 g/mol. The van der Waals surface area contributed by atoms with Crippen molar-refractivity contribution < 1.29 is 4.79 Å². The Bertz CT molecular complexity index is 408. The quantitative estimate of drug-likeness (QED) is 0.792. The fourth-order valence-corrected chi connectivity index (χ4v) is 1.45. The Morgan fingerprint density at radius 2 is 2.12 bits per heavy atom. The highest BCUT2D eigenvalue weighted by Crippen LogP contribution is 2.13. The van der Waals surface area contributed by atoms with Gasteiger partial charge in [0.25, 0.3) is 0 Å². The molecular weight excluding hydrogens is 236 g/mol. The van der Waals surface area contributed by atoms with Crippen molar-refractivity contribution in [3.8, 4) is 12.3 Å². The van der Waals surface area contributed by atoms with Crippen LogP contribution in [0.1, 0.15) is 19.8 Å². The van der Waals surface area contributed by atoms with Crippen LogP contribution in [0.25, 0.3) is 0 Å². The first-order valence-electron chi connectivity index (χ1n) is 5.42. The van der Waals surface area contributed by atoms with E-state index in [1.165, 1.54) is 0 Å². The van der Waals surface area contributed by atoms with Crippen molar-refractivity contribution in [1.29, 1.82) is 0 Å². The highest BCUT2D eigenvalue weighted by molar-refractivity contribution is 6.30. The molecule has 1 aromatic carbocycles. The maximum Gasteiger partial charge on any atom is 0.319 e. The number of benzene rings is 1. The molecule has 0 saturated heterocycles. The lowest BCUT2D eigenvalue weighted by atomic mass is 10.2. The molecule has 0 heterocycles. The zero-order valence-electron chi connectivity index (χ0n) is 9.66. The summed E-state index contributed by atoms with van der Waals surface area (Å²) in [7, 11) is 0. The Balaban J connectivity index is 2.49. The molecule has 1 unspecified atom stereocenters. The van der Waals surface area contributed by atoms with Crippen molar-refractivity contribution in [2.24, 2.45) is 0 Å². The summed E-state index contributed by atoms with van der Waals surface area (Å²) in [6.07, 6.45) is 6.55. The second-order valence-corrected chi connectivity index (χ2v) is 4.06. The average Bonchev–Trinajstić information content (AvgIpc) is 2.31. The summed E-state index contributed by atoms with van der Waals surface area (Å²) in [6, 6.07) is 6.67. The Kier molecular flexibility index (Phi) is 5.38. The second-order valence-electron chi connectivity index (χ2n) is 3.62. The van der Waals surface area contributed by atoms with Gasteiger partial charge in [0.05, 0.1) is 0 Å². The molecule has 0 aliphatic heterocycles. The molecule has 0 bridgehead atoms. The fraction of sp³-hybridized carbons (Fsp3) is 0.308. The largest absolute Gasteiger partial charge is 0.334 e. The molecule has 17 heavy (non-hydrogen) atoms. The van der Waals surface area contributed by atoms with Gasteiger partial charge in [0.15, 0.2) is 0 Å². The lowest BCUT2D eigenvalue weighted by Gasteiger charge is -2.14. The number of terminal acetylenes is 1. The van der Waals surface area contributed by atoms with Crippen molar-refractivity contribution in [3.05, 3.63) is 29.3 Å². The maximum atomic E-state index is 11.6. The summed E-state index contributed by atoms with van der Waals surface area (Å²) in [4.78, 5) is 11.6. The van der Waals surface area contributed by atoms with E-state index in [4.69, 9.17) is 18.0 Å². The van der Waals surface area contributed by atoms with Crippen LogP contribution in [0, 0.1) is 12.3 Å². The first kappa shape index (κ1) is 13.4. The van der Waals surface area contributed by atoms with Crippen molar-refractivity contribution in [2.45, 2.75) is 25.8 Å². The molecule has 1 aromatic rings. The number of carbonyl (C=O) groups excluding carboxylic acids is 1. The highest BCUT2D eigenvalue weighted by atomic mass is 35.5. The summed E-state index contributed by atoms with van der Waals surface area (Å²) in [5, 5.41) is 6.15. The van der Waals surface area contributed by atoms with Crippen LogP contribution < -0.4 is 10.6 Å². The van der Waals surface area contributed by atoms with Crippen LogP contribution in [0.4, 0.5) is 10.5 Å². The molecule has 1 rings (SSSR count). The van der Waals surface area contributed by atoms with E-state index in [-0.39, 0.29) is 12.1 Å². The van der Waals surface area contributed by atoms with Gasteiger partial charge in [-0.25, -0.2) is 4.79 Å². The van der Waals surface area contributed by atoms with E-state index in [0.717, 1.165) is 6.42 Å². The molecule has 0 fully saturated rings. The van der Waals surface area contributed by atoms with Gasteiger partial charge in [-0.05, 0) is 30.7 Å². The Morgan fingerprint density at radius 3 is 2.65 bits per heavy atom. The van der Waals surface area contributed by atoms with E-state index in [1.54, 1.807) is 24.3 Å². The standard InChI is InChI=1S/C13H15ClN2O/c1-3-5-11(4-2)15-13(17)16-12-8-6-10(14)7-9-12/h1,6-9,11H,4-5H2,2H3,(H2,15,16,17). The Labute approximate surface area is 107 Å². The molecule has 4 heteroatoms. The molecule has 0 aliphatic carbocycles. The summed E-state index contributed by atoms with van der Waals surface area (Å²) in [6.45, 7) is 1.98. The van der Waals surface area contributed by atoms with Crippen LogP contribution in [0.3, 0.4) is 0 Å². The minimum atomic E-state index is -0.255. The molecule has 0 radical (unpaired) electrons. The molecule has 0 saturated carbocycles. The van der Waals surface area contributed by atoms with Gasteiger partial charge in [0.2, 0.25) is 0 Å². The first-order chi connectivity index (χ1) is 8.15. The minimum absolute atomic E-state index is 0.00676. The molecule has 0 aromatic heterocycles. The number of nitrogens with one attached hydrogen (secondary N) is 2. The van der Waals surface area contributed by atoms with E-state index in [2.05, 4.69) is 16.6 Å². The van der Waals surface area contributed by atoms with Gasteiger partial charge < -0.3 is 10.6 Å². The third-order valence-corrected chi connectivity index (χ3v) is 2.55. The smallest absolute Gasteiger partial charge is 0.319 e. The zero-order chi connectivity index (χ0) is 12.7. The summed E-state index contributed by atoms with van der Waals surface area (Å²) >= 11 is 5.75. The SMILES string of the molecule is C#CCC(CC)NC(=O)Nc1ccc(Cl)cc1. The third kappa shape index (κ3) is 4.80. The number of urea groups is 1. The Morgan fingerprint density at radius 1 is 1.47 bits per heavy atom. The van der Waals surface area contributed by atoms with E-state index in [1.807, 2.05) is 6.92 Å². The molecular formula is C13H15ClN2O. The van der Waals surface area contributed by atoms with Crippen LogP contribution in [0.2, 0.25) is 5.02 Å². The van der Waals surface area contributed by atoms with Gasteiger partial charge in [0.1, 0.15) is 0 Å². The zero-order valence-corrected chi connectivity index (χ0v) is 10.4. The molecule has 90 valence electrons. The lowest BCUT2D eigenvalue weighted by molar-refractivity contribution is 0.248. The maximum absolute atomic E-state index is 11.6. The molecule has 3 nitrogen and oxygen atoms in total. The van der Waals surface area contributed by atoms with Crippen LogP contribution in [-0.4, -0.2) is 12.1 Å². The normalized spacial score (nSPS) is 11.4. The Hall–Kier alpha value is -1.66. The van der Waals surface area contributed by atoms with Crippen LogP contribution in [0.15, 0.2) is 24.3 Å². The number of amides is 2. The van der Waals surface area contributed by atoms with Gasteiger partial charge in [0, 0.05) is 23.2 Å². The van der Waals surface area contributed by atoms with Crippen molar-refractivity contribution in [3.63, 3.8) is 0 Å². The van der Waals surface area contributed by atoms with Gasteiger partial charge in [-0.3, -0.25) is 0 Å².